The summed E-state index contributed by atoms with van der Waals surface area (Å²) in [7, 11) is 0. The van der Waals surface area contributed by atoms with Crippen LogP contribution >= 0.6 is 0 Å². The van der Waals surface area contributed by atoms with Crippen LogP contribution < -0.4 is 11.2 Å². The fourth-order valence-corrected chi connectivity index (χ4v) is 4.54. The Morgan fingerprint density at radius 1 is 1.11 bits per heavy atom. The summed E-state index contributed by atoms with van der Waals surface area (Å²) >= 11 is 0. The normalized spacial score (nSPS) is 15.6. The minimum atomic E-state index is -0.275. The van der Waals surface area contributed by atoms with Gasteiger partial charge in [0.15, 0.2) is 0 Å². The second-order valence-electron chi connectivity index (χ2n) is 9.17. The first-order valence-electron chi connectivity index (χ1n) is 11.8. The number of hydrogen-bond donors (Lipinski definition) is 3. The Labute approximate surface area is 211 Å². The van der Waals surface area contributed by atoms with Gasteiger partial charge in [-0.15, -0.1) is 0 Å². The lowest BCUT2D eigenvalue weighted by molar-refractivity contribution is -0.121. The number of nitrogens with two attached hydrogens (primary N) is 1. The van der Waals surface area contributed by atoms with E-state index in [-0.39, 0.29) is 17.6 Å². The van der Waals surface area contributed by atoms with Crippen LogP contribution in [0.25, 0.3) is 33.5 Å². The number of benzene rings is 2. The molecule has 184 valence electrons. The molecule has 0 saturated heterocycles. The van der Waals surface area contributed by atoms with E-state index in [9.17, 15) is 9.18 Å². The Kier molecular flexibility index (Phi) is 5.48. The number of carbonyl (C=O) groups is 1. The molecular formula is C27H23FN8O. The quantitative estimate of drug-likeness (QED) is 0.339. The number of aromatic nitrogens is 5. The van der Waals surface area contributed by atoms with Crippen molar-refractivity contribution in [3.05, 3.63) is 84.1 Å². The Bertz CT molecular complexity index is 1690. The van der Waals surface area contributed by atoms with Crippen molar-refractivity contribution < 1.29 is 9.18 Å². The molecule has 0 saturated carbocycles. The highest BCUT2D eigenvalue weighted by atomic mass is 19.1. The van der Waals surface area contributed by atoms with Gasteiger partial charge in [0.05, 0.1) is 35.1 Å². The molecule has 1 aliphatic rings. The molecule has 0 aliphatic carbocycles. The molecule has 2 aromatic carbocycles. The number of amides is 1. The highest BCUT2D eigenvalue weighted by molar-refractivity contribution is 6.07. The van der Waals surface area contributed by atoms with Crippen molar-refractivity contribution >= 4 is 28.5 Å². The number of hydrogen-bond acceptors (Lipinski definition) is 6. The van der Waals surface area contributed by atoms with Crippen molar-refractivity contribution in [2.24, 2.45) is 11.0 Å². The second-order valence-corrected chi connectivity index (χ2v) is 9.17. The number of carbonyl (C=O) groups excluding carboxylic acids is 1. The number of rotatable bonds is 5. The van der Waals surface area contributed by atoms with Gasteiger partial charge in [-0.1, -0.05) is 25.1 Å². The molecular weight excluding hydrogens is 471 g/mol. The van der Waals surface area contributed by atoms with E-state index in [1.807, 2.05) is 43.5 Å². The molecule has 4 N–H and O–H groups in total. The fourth-order valence-electron chi connectivity index (χ4n) is 4.54. The van der Waals surface area contributed by atoms with Crippen LogP contribution in [0.3, 0.4) is 0 Å². The molecule has 1 aliphatic heterocycles. The summed E-state index contributed by atoms with van der Waals surface area (Å²) in [5.74, 6) is 0.611. The highest BCUT2D eigenvalue weighted by Gasteiger charge is 2.22. The minimum Gasteiger partial charge on any atom is -0.383 e. The van der Waals surface area contributed by atoms with Gasteiger partial charge in [-0.25, -0.2) is 19.8 Å². The average molecular weight is 495 g/mol. The third-order valence-electron chi connectivity index (χ3n) is 6.41. The molecule has 1 atom stereocenters. The Hall–Kier alpha value is -4.86. The summed E-state index contributed by atoms with van der Waals surface area (Å²) in [5, 5.41) is 8.67. The lowest BCUT2D eigenvalue weighted by atomic mass is 9.94. The monoisotopic (exact) mass is 494 g/mol. The summed E-state index contributed by atoms with van der Waals surface area (Å²) in [6.45, 7) is 2.44. The largest absolute Gasteiger partial charge is 0.383 e. The first-order chi connectivity index (χ1) is 17.9. The van der Waals surface area contributed by atoms with Crippen LogP contribution in [-0.4, -0.2) is 36.4 Å². The zero-order chi connectivity index (χ0) is 25.5. The number of imidazole rings is 1. The summed E-state index contributed by atoms with van der Waals surface area (Å²) in [6, 6.07) is 14.2. The van der Waals surface area contributed by atoms with E-state index in [1.54, 1.807) is 23.1 Å². The molecule has 10 heteroatoms. The van der Waals surface area contributed by atoms with Gasteiger partial charge in [-0.05, 0) is 35.9 Å². The van der Waals surface area contributed by atoms with Crippen molar-refractivity contribution in [2.45, 2.75) is 19.9 Å². The molecule has 1 unspecified atom stereocenters. The molecule has 9 nitrogen and oxygen atoms in total. The van der Waals surface area contributed by atoms with Crippen LogP contribution in [0.15, 0.2) is 72.2 Å². The first kappa shape index (κ1) is 22.6. The number of H-pyrrole nitrogens is 1. The number of nitrogens with zero attached hydrogens (tertiary/aromatic N) is 5. The fraction of sp³-hybridized carbons (Fsp3) is 0.148. The van der Waals surface area contributed by atoms with Crippen LogP contribution in [0, 0.1) is 11.7 Å². The topological polar surface area (TPSA) is 127 Å². The van der Waals surface area contributed by atoms with Gasteiger partial charge in [-0.2, -0.15) is 10.2 Å². The molecule has 0 bridgehead atoms. The first-order valence-corrected chi connectivity index (χ1v) is 11.8. The van der Waals surface area contributed by atoms with Gasteiger partial charge >= 0.3 is 0 Å². The Morgan fingerprint density at radius 3 is 2.84 bits per heavy atom. The molecule has 5 aromatic rings. The minimum absolute atomic E-state index is 0.0203. The number of pyridine rings is 1. The molecule has 0 radical (unpaired) electrons. The molecule has 0 spiro atoms. The van der Waals surface area contributed by atoms with Crippen LogP contribution in [0.5, 0.6) is 0 Å². The maximum atomic E-state index is 13.5. The molecule has 6 rings (SSSR count). The predicted octanol–water partition coefficient (Wildman–Crippen LogP) is 4.12. The lowest BCUT2D eigenvalue weighted by Crippen LogP contribution is -2.31. The second kappa shape index (κ2) is 8.98. The number of nitrogen functional groups attached to an aromatic ring is 1. The van der Waals surface area contributed by atoms with Gasteiger partial charge in [0.2, 0.25) is 5.91 Å². The van der Waals surface area contributed by atoms with Gasteiger partial charge in [0.1, 0.15) is 17.5 Å². The van der Waals surface area contributed by atoms with Crippen molar-refractivity contribution in [3.8, 4) is 22.5 Å². The van der Waals surface area contributed by atoms with Crippen molar-refractivity contribution in [3.63, 3.8) is 0 Å². The van der Waals surface area contributed by atoms with E-state index in [1.165, 1.54) is 12.1 Å². The third-order valence-corrected chi connectivity index (χ3v) is 6.41. The van der Waals surface area contributed by atoms with Crippen molar-refractivity contribution in [1.29, 1.82) is 0 Å². The van der Waals surface area contributed by atoms with E-state index in [4.69, 9.17) is 10.7 Å². The molecule has 3 aromatic heterocycles. The zero-order valence-electron chi connectivity index (χ0n) is 19.9. The van der Waals surface area contributed by atoms with E-state index >= 15 is 0 Å². The Balaban J connectivity index is 1.30. The average Bonchev–Trinajstić information content (AvgIpc) is 3.51. The predicted molar refractivity (Wildman–Crippen MR) is 139 cm³/mol. The number of aromatic amines is 1. The zero-order valence-corrected chi connectivity index (χ0v) is 19.9. The summed E-state index contributed by atoms with van der Waals surface area (Å²) in [4.78, 5) is 24.1. The molecule has 1 amide bonds. The van der Waals surface area contributed by atoms with Crippen LogP contribution in [-0.2, 0) is 11.3 Å². The summed E-state index contributed by atoms with van der Waals surface area (Å²) in [6.07, 6.45) is 5.72. The van der Waals surface area contributed by atoms with Gasteiger partial charge < -0.3 is 10.7 Å². The lowest BCUT2D eigenvalue weighted by Gasteiger charge is -2.18. The van der Waals surface area contributed by atoms with Crippen LogP contribution in [0.4, 0.5) is 10.2 Å². The number of anilines is 1. The standard InChI is InChI=1S/C27H23FN8O/c1-15-7-24(37)34-35-25(15)17-5-6-22-23(10-17)33-27(32-22)21-9-18(11-30-26(21)29)19-12-31-36(14-19)13-16-3-2-4-20(28)8-16/h2-6,8-12,14-15H,7,13H2,1H3,(H2,29,30)(H,32,33)(H,34,37). The number of halogens is 1. The van der Waals surface area contributed by atoms with E-state index < -0.39 is 0 Å². The summed E-state index contributed by atoms with van der Waals surface area (Å²) < 4.78 is 15.3. The number of nitrogens with one attached hydrogen (secondary N) is 2. The molecule has 4 heterocycles. The van der Waals surface area contributed by atoms with E-state index in [0.717, 1.165) is 39.0 Å². The van der Waals surface area contributed by atoms with Crippen LogP contribution in [0.2, 0.25) is 0 Å². The van der Waals surface area contributed by atoms with E-state index in [2.05, 4.69) is 25.6 Å². The van der Waals surface area contributed by atoms with Gasteiger partial charge in [-0.3, -0.25) is 9.48 Å². The van der Waals surface area contributed by atoms with Gasteiger partial charge in [0.25, 0.3) is 0 Å². The van der Waals surface area contributed by atoms with E-state index in [0.29, 0.717) is 30.2 Å². The maximum absolute atomic E-state index is 13.5. The molecule has 0 fully saturated rings. The molecule has 37 heavy (non-hydrogen) atoms. The summed E-state index contributed by atoms with van der Waals surface area (Å²) in [5.41, 5.74) is 15.3. The Morgan fingerprint density at radius 2 is 2.00 bits per heavy atom. The van der Waals surface area contributed by atoms with Crippen molar-refractivity contribution in [1.82, 2.24) is 30.2 Å². The number of hydrazone groups is 1. The maximum Gasteiger partial charge on any atom is 0.240 e. The highest BCUT2D eigenvalue weighted by Crippen LogP contribution is 2.30. The van der Waals surface area contributed by atoms with Gasteiger partial charge in [0, 0.05) is 41.4 Å². The van der Waals surface area contributed by atoms with Crippen molar-refractivity contribution in [2.75, 3.05) is 5.73 Å². The van der Waals surface area contributed by atoms with Crippen LogP contribution in [0.1, 0.15) is 24.5 Å². The number of fused-ring (bicyclic) bond motifs is 1. The third kappa shape index (κ3) is 4.44. The smallest absolute Gasteiger partial charge is 0.240 e. The SMILES string of the molecule is CC1CC(=O)NN=C1c1ccc2nc(-c3cc(-c4cnn(Cc5cccc(F)c5)c4)cnc3N)[nH]c2c1.